The maximum Gasteiger partial charge on any atom is 0.0545 e. The first-order chi connectivity index (χ1) is 9.24. The fourth-order valence-electron chi connectivity index (χ4n) is 5.91. The molecule has 1 nitrogen and oxygen atoms in total. The molecule has 4 aliphatic rings. The zero-order valence-corrected chi connectivity index (χ0v) is 11.7. The largest absolute Gasteiger partial charge is 0.393 e. The summed E-state index contributed by atoms with van der Waals surface area (Å²) in [4.78, 5) is 0. The van der Waals surface area contributed by atoms with Gasteiger partial charge >= 0.3 is 0 Å². The van der Waals surface area contributed by atoms with Crippen LogP contribution in [0, 0.1) is 29.6 Å². The highest BCUT2D eigenvalue weighted by atomic mass is 16.3. The van der Waals surface area contributed by atoms with Gasteiger partial charge in [0.05, 0.1) is 6.10 Å². The first-order valence-electron chi connectivity index (χ1n) is 7.97. The summed E-state index contributed by atoms with van der Waals surface area (Å²) in [5.74, 6) is 4.66. The summed E-state index contributed by atoms with van der Waals surface area (Å²) in [6.45, 7) is 2.02. The van der Waals surface area contributed by atoms with E-state index in [2.05, 4.69) is 30.3 Å². The number of rotatable bonds is 2. The van der Waals surface area contributed by atoms with Gasteiger partial charge in [0.15, 0.2) is 0 Å². The van der Waals surface area contributed by atoms with E-state index in [1.807, 2.05) is 6.92 Å². The monoisotopic (exact) mass is 256 g/mol. The van der Waals surface area contributed by atoms with Gasteiger partial charge in [0, 0.05) is 0 Å². The first-order valence-corrected chi connectivity index (χ1v) is 7.97. The molecule has 1 aromatic rings. The molecule has 0 spiro atoms. The molecule has 19 heavy (non-hydrogen) atoms. The average Bonchev–Trinajstić information content (AvgIpc) is 2.38. The molecule has 4 bridgehead atoms. The second kappa shape index (κ2) is 4.34. The Morgan fingerprint density at radius 2 is 1.74 bits per heavy atom. The molecule has 7 atom stereocenters. The summed E-state index contributed by atoms with van der Waals surface area (Å²) >= 11 is 0. The van der Waals surface area contributed by atoms with E-state index < -0.39 is 0 Å². The highest BCUT2D eigenvalue weighted by Gasteiger charge is 2.54. The van der Waals surface area contributed by atoms with Crippen LogP contribution < -0.4 is 0 Å². The van der Waals surface area contributed by atoms with Crippen LogP contribution in [0.25, 0.3) is 0 Å². The Labute approximate surface area is 116 Å². The molecule has 0 heterocycles. The molecule has 1 N–H and O–H groups in total. The lowest BCUT2D eigenvalue weighted by molar-refractivity contribution is -0.0986. The van der Waals surface area contributed by atoms with Gasteiger partial charge in [0.25, 0.3) is 0 Å². The molecule has 102 valence electrons. The van der Waals surface area contributed by atoms with Crippen molar-refractivity contribution in [3.8, 4) is 0 Å². The molecule has 1 aromatic carbocycles. The number of aliphatic hydroxyl groups excluding tert-OH is 1. The summed E-state index contributed by atoms with van der Waals surface area (Å²) in [5, 5.41) is 10.2. The van der Waals surface area contributed by atoms with Crippen LogP contribution in [0.2, 0.25) is 0 Å². The van der Waals surface area contributed by atoms with Crippen LogP contribution in [-0.4, -0.2) is 11.2 Å². The normalized spacial score (nSPS) is 45.4. The molecule has 7 unspecified atom stereocenters. The molecular formula is C18H24O. The van der Waals surface area contributed by atoms with Crippen molar-refractivity contribution in [3.05, 3.63) is 35.9 Å². The molecular weight excluding hydrogens is 232 g/mol. The summed E-state index contributed by atoms with van der Waals surface area (Å²) in [6, 6.07) is 11.1. The molecule has 0 aliphatic heterocycles. The van der Waals surface area contributed by atoms with E-state index in [4.69, 9.17) is 0 Å². The molecule has 0 radical (unpaired) electrons. The Balaban J connectivity index is 1.72. The van der Waals surface area contributed by atoms with Crippen molar-refractivity contribution < 1.29 is 5.11 Å². The minimum atomic E-state index is -0.124. The molecule has 0 amide bonds. The van der Waals surface area contributed by atoms with Gasteiger partial charge in [-0.2, -0.15) is 0 Å². The predicted octanol–water partition coefficient (Wildman–Crippen LogP) is 3.83. The van der Waals surface area contributed by atoms with Gasteiger partial charge in [-0.25, -0.2) is 0 Å². The van der Waals surface area contributed by atoms with Crippen LogP contribution >= 0.6 is 0 Å². The minimum Gasteiger partial charge on any atom is -0.393 e. The van der Waals surface area contributed by atoms with E-state index >= 15 is 0 Å². The summed E-state index contributed by atoms with van der Waals surface area (Å²) < 4.78 is 0. The molecule has 0 saturated heterocycles. The third-order valence-electron chi connectivity index (χ3n) is 6.23. The standard InChI is InChI=1S/C18H24O/c1-11(19)17-14-7-12-8-15(10-14)18(16(17)9-12)13-5-3-2-4-6-13/h2-6,11-12,14-19H,7-10H2,1H3. The molecule has 5 rings (SSSR count). The quantitative estimate of drug-likeness (QED) is 0.852. The van der Waals surface area contributed by atoms with Gasteiger partial charge in [-0.15, -0.1) is 0 Å². The minimum absolute atomic E-state index is 0.124. The fraction of sp³-hybridized carbons (Fsp3) is 0.667. The van der Waals surface area contributed by atoms with E-state index in [0.717, 1.165) is 23.7 Å². The third kappa shape index (κ3) is 1.78. The van der Waals surface area contributed by atoms with Crippen molar-refractivity contribution >= 4 is 0 Å². The van der Waals surface area contributed by atoms with Gasteiger partial charge in [-0.3, -0.25) is 0 Å². The number of aliphatic hydroxyl groups is 1. The van der Waals surface area contributed by atoms with Crippen LogP contribution in [0.4, 0.5) is 0 Å². The Morgan fingerprint density at radius 1 is 1.00 bits per heavy atom. The van der Waals surface area contributed by atoms with Crippen molar-refractivity contribution in [2.24, 2.45) is 29.6 Å². The maximum atomic E-state index is 10.2. The van der Waals surface area contributed by atoms with Gasteiger partial charge in [0.1, 0.15) is 0 Å². The van der Waals surface area contributed by atoms with E-state index in [0.29, 0.717) is 11.8 Å². The van der Waals surface area contributed by atoms with Crippen LogP contribution in [-0.2, 0) is 0 Å². The number of benzene rings is 1. The second-order valence-corrected chi connectivity index (χ2v) is 7.25. The predicted molar refractivity (Wildman–Crippen MR) is 76.8 cm³/mol. The Morgan fingerprint density at radius 3 is 2.47 bits per heavy atom. The molecule has 4 aliphatic carbocycles. The van der Waals surface area contributed by atoms with Crippen molar-refractivity contribution in [2.75, 3.05) is 0 Å². The second-order valence-electron chi connectivity index (χ2n) is 7.25. The highest BCUT2D eigenvalue weighted by molar-refractivity contribution is 5.25. The van der Waals surface area contributed by atoms with Gasteiger partial charge in [0.2, 0.25) is 0 Å². The summed E-state index contributed by atoms with van der Waals surface area (Å²) in [5.41, 5.74) is 1.53. The Hall–Kier alpha value is -0.820. The Kier molecular flexibility index (Phi) is 2.73. The molecule has 4 saturated carbocycles. The smallest absolute Gasteiger partial charge is 0.0545 e. The maximum absolute atomic E-state index is 10.2. The molecule has 0 aromatic heterocycles. The van der Waals surface area contributed by atoms with Crippen molar-refractivity contribution in [1.29, 1.82) is 0 Å². The summed E-state index contributed by atoms with van der Waals surface area (Å²) in [7, 11) is 0. The van der Waals surface area contributed by atoms with E-state index in [-0.39, 0.29) is 6.10 Å². The van der Waals surface area contributed by atoms with Crippen molar-refractivity contribution in [3.63, 3.8) is 0 Å². The fourth-order valence-corrected chi connectivity index (χ4v) is 5.91. The van der Waals surface area contributed by atoms with Crippen LogP contribution in [0.1, 0.15) is 44.1 Å². The van der Waals surface area contributed by atoms with E-state index in [1.54, 1.807) is 0 Å². The lowest BCUT2D eigenvalue weighted by Crippen LogP contribution is -2.52. The number of hydrogen-bond acceptors (Lipinski definition) is 1. The molecule has 4 fully saturated rings. The van der Waals surface area contributed by atoms with Crippen molar-refractivity contribution in [2.45, 2.75) is 44.6 Å². The highest BCUT2D eigenvalue weighted by Crippen LogP contribution is 2.62. The van der Waals surface area contributed by atoms with Crippen molar-refractivity contribution in [1.82, 2.24) is 0 Å². The van der Waals surface area contributed by atoms with Crippen LogP contribution in [0.15, 0.2) is 30.3 Å². The first kappa shape index (κ1) is 12.0. The Bertz CT molecular complexity index is 452. The average molecular weight is 256 g/mol. The van der Waals surface area contributed by atoms with Gasteiger partial charge < -0.3 is 5.11 Å². The van der Waals surface area contributed by atoms with Crippen LogP contribution in [0.3, 0.4) is 0 Å². The SMILES string of the molecule is CC(O)C1C2CC3CC(C2)C(c2ccccc2)C1C3. The zero-order valence-electron chi connectivity index (χ0n) is 11.7. The van der Waals surface area contributed by atoms with Gasteiger partial charge in [-0.1, -0.05) is 30.3 Å². The van der Waals surface area contributed by atoms with Crippen LogP contribution in [0.5, 0.6) is 0 Å². The molecule has 1 heteroatoms. The third-order valence-corrected chi connectivity index (χ3v) is 6.23. The lowest BCUT2D eigenvalue weighted by Gasteiger charge is -2.59. The number of hydrogen-bond donors (Lipinski definition) is 1. The topological polar surface area (TPSA) is 20.2 Å². The zero-order chi connectivity index (χ0) is 13.0. The van der Waals surface area contributed by atoms with E-state index in [1.165, 1.54) is 31.2 Å². The van der Waals surface area contributed by atoms with E-state index in [9.17, 15) is 5.11 Å². The lowest BCUT2D eigenvalue weighted by atomic mass is 9.46. The van der Waals surface area contributed by atoms with Gasteiger partial charge in [-0.05, 0) is 73.7 Å². The summed E-state index contributed by atoms with van der Waals surface area (Å²) in [6.07, 6.45) is 5.44.